The van der Waals surface area contributed by atoms with Crippen LogP contribution < -0.4 is 0 Å². The second kappa shape index (κ2) is 5.44. The Labute approximate surface area is 131 Å². The summed E-state index contributed by atoms with van der Waals surface area (Å²) in [5.41, 5.74) is 2.48. The van der Waals surface area contributed by atoms with E-state index in [1.54, 1.807) is 24.3 Å². The molecule has 1 aromatic heterocycles. The van der Waals surface area contributed by atoms with Gasteiger partial charge in [-0.15, -0.1) is 0 Å². The number of hydrogen-bond donors (Lipinski definition) is 0. The van der Waals surface area contributed by atoms with E-state index >= 15 is 0 Å². The molecular formula is C15H8Cl2NOS. The van der Waals surface area contributed by atoms with E-state index < -0.39 is 0 Å². The van der Waals surface area contributed by atoms with Crippen molar-refractivity contribution in [3.63, 3.8) is 0 Å². The highest BCUT2D eigenvalue weighted by Crippen LogP contribution is 2.34. The van der Waals surface area contributed by atoms with Gasteiger partial charge in [-0.3, -0.25) is 0 Å². The van der Waals surface area contributed by atoms with Crippen LogP contribution in [0.25, 0.3) is 22.6 Å². The summed E-state index contributed by atoms with van der Waals surface area (Å²) in [6.07, 6.45) is 0. The van der Waals surface area contributed by atoms with Crippen LogP contribution in [0.5, 0.6) is 0 Å². The summed E-state index contributed by atoms with van der Waals surface area (Å²) in [7, 11) is 0. The number of nitrogens with zero attached hydrogens (tertiary/aromatic N) is 1. The third-order valence-electron chi connectivity index (χ3n) is 2.83. The molecule has 0 amide bonds. The minimum absolute atomic E-state index is 0.208. The average Bonchev–Trinajstić information content (AvgIpc) is 2.82. The SMILES string of the molecule is [S]c1nc(-c2ccc(Cl)cc2)c(-c2ccc(Cl)cc2)o1. The summed E-state index contributed by atoms with van der Waals surface area (Å²) in [5, 5.41) is 1.55. The van der Waals surface area contributed by atoms with Crippen LogP contribution in [-0.4, -0.2) is 4.98 Å². The molecule has 0 spiro atoms. The van der Waals surface area contributed by atoms with Crippen molar-refractivity contribution in [3.8, 4) is 22.6 Å². The molecule has 0 aliphatic rings. The summed E-state index contributed by atoms with van der Waals surface area (Å²) >= 11 is 16.8. The third-order valence-corrected chi connectivity index (χ3v) is 3.51. The first-order valence-corrected chi connectivity index (χ1v) is 6.99. The van der Waals surface area contributed by atoms with Crippen LogP contribution in [0.2, 0.25) is 10.0 Å². The first-order valence-electron chi connectivity index (χ1n) is 5.83. The van der Waals surface area contributed by atoms with E-state index in [-0.39, 0.29) is 5.22 Å². The highest BCUT2D eigenvalue weighted by atomic mass is 35.5. The molecule has 0 aliphatic heterocycles. The third kappa shape index (κ3) is 2.66. The Kier molecular flexibility index (Phi) is 3.66. The lowest BCUT2D eigenvalue weighted by Crippen LogP contribution is -1.82. The lowest BCUT2D eigenvalue weighted by atomic mass is 10.1. The van der Waals surface area contributed by atoms with Gasteiger partial charge in [0.05, 0.1) is 0 Å². The van der Waals surface area contributed by atoms with E-state index in [0.29, 0.717) is 21.5 Å². The Morgan fingerprint density at radius 3 is 1.85 bits per heavy atom. The largest absolute Gasteiger partial charge is 0.427 e. The van der Waals surface area contributed by atoms with Crippen LogP contribution in [0.1, 0.15) is 0 Å². The van der Waals surface area contributed by atoms with E-state index in [4.69, 9.17) is 40.2 Å². The first-order chi connectivity index (χ1) is 9.63. The molecule has 0 bridgehead atoms. The molecule has 0 atom stereocenters. The van der Waals surface area contributed by atoms with E-state index in [1.807, 2.05) is 24.3 Å². The molecule has 0 fully saturated rings. The Balaban J connectivity index is 2.12. The van der Waals surface area contributed by atoms with Crippen LogP contribution in [-0.2, 0) is 0 Å². The van der Waals surface area contributed by atoms with Crippen molar-refractivity contribution in [2.75, 3.05) is 0 Å². The Morgan fingerprint density at radius 1 is 0.800 bits per heavy atom. The standard InChI is InChI=1S/C15H8Cl2NOS/c16-11-5-1-9(2-6-11)13-14(19-15(20)18-13)10-3-7-12(17)8-4-10/h1-8H. The van der Waals surface area contributed by atoms with Gasteiger partial charge >= 0.3 is 0 Å². The topological polar surface area (TPSA) is 26.0 Å². The molecule has 0 unspecified atom stereocenters. The van der Waals surface area contributed by atoms with E-state index in [0.717, 1.165) is 11.1 Å². The molecule has 3 rings (SSSR count). The first kappa shape index (κ1) is 13.4. The second-order valence-electron chi connectivity index (χ2n) is 4.17. The number of hydrogen-bond acceptors (Lipinski definition) is 2. The zero-order chi connectivity index (χ0) is 14.1. The molecular weight excluding hydrogens is 313 g/mol. The van der Waals surface area contributed by atoms with Crippen LogP contribution in [0, 0.1) is 0 Å². The summed E-state index contributed by atoms with van der Waals surface area (Å²) in [5.74, 6) is 0.633. The van der Waals surface area contributed by atoms with Gasteiger partial charge in [0.15, 0.2) is 5.76 Å². The minimum Gasteiger partial charge on any atom is -0.427 e. The number of aromatic nitrogens is 1. The normalized spacial score (nSPS) is 10.7. The zero-order valence-corrected chi connectivity index (χ0v) is 12.5. The molecule has 1 radical (unpaired) electrons. The molecule has 0 saturated carbocycles. The van der Waals surface area contributed by atoms with Gasteiger partial charge in [-0.1, -0.05) is 35.3 Å². The van der Waals surface area contributed by atoms with Crippen LogP contribution >= 0.6 is 35.8 Å². The molecule has 2 nitrogen and oxygen atoms in total. The maximum Gasteiger partial charge on any atom is 0.289 e. The lowest BCUT2D eigenvalue weighted by molar-refractivity contribution is 0.468. The predicted molar refractivity (Wildman–Crippen MR) is 83.3 cm³/mol. The number of benzene rings is 2. The highest BCUT2D eigenvalue weighted by molar-refractivity contribution is 7.80. The van der Waals surface area contributed by atoms with Crippen molar-refractivity contribution >= 4 is 35.8 Å². The lowest BCUT2D eigenvalue weighted by Gasteiger charge is -2.02. The van der Waals surface area contributed by atoms with Crippen molar-refractivity contribution in [3.05, 3.63) is 58.6 Å². The van der Waals surface area contributed by atoms with Crippen molar-refractivity contribution in [1.82, 2.24) is 4.98 Å². The fourth-order valence-electron chi connectivity index (χ4n) is 1.90. The summed E-state index contributed by atoms with van der Waals surface area (Å²) < 4.78 is 5.55. The molecule has 0 saturated heterocycles. The van der Waals surface area contributed by atoms with E-state index in [2.05, 4.69) is 4.98 Å². The Hall–Kier alpha value is -1.55. The Bertz CT molecular complexity index is 673. The van der Waals surface area contributed by atoms with E-state index in [1.165, 1.54) is 0 Å². The molecule has 2 aromatic carbocycles. The quantitative estimate of drug-likeness (QED) is 0.590. The molecule has 3 aromatic rings. The van der Waals surface area contributed by atoms with Gasteiger partial charge in [-0.05, 0) is 49.0 Å². The molecule has 20 heavy (non-hydrogen) atoms. The van der Waals surface area contributed by atoms with Gasteiger partial charge in [-0.25, -0.2) is 0 Å². The summed E-state index contributed by atoms with van der Waals surface area (Å²) in [6.45, 7) is 0. The predicted octanol–water partition coefficient (Wildman–Crippen LogP) is 5.87. The van der Waals surface area contributed by atoms with Crippen molar-refractivity contribution in [1.29, 1.82) is 0 Å². The van der Waals surface area contributed by atoms with Crippen molar-refractivity contribution in [2.45, 2.75) is 5.22 Å². The number of halogens is 2. The van der Waals surface area contributed by atoms with Crippen molar-refractivity contribution < 1.29 is 4.42 Å². The molecule has 0 N–H and O–H groups in total. The molecule has 0 aliphatic carbocycles. The van der Waals surface area contributed by atoms with Gasteiger partial charge in [0.2, 0.25) is 0 Å². The maximum absolute atomic E-state index is 5.90. The van der Waals surface area contributed by atoms with E-state index in [9.17, 15) is 0 Å². The zero-order valence-electron chi connectivity index (χ0n) is 10.1. The van der Waals surface area contributed by atoms with Gasteiger partial charge < -0.3 is 4.42 Å². The van der Waals surface area contributed by atoms with Gasteiger partial charge in [-0.2, -0.15) is 4.98 Å². The van der Waals surface area contributed by atoms with Gasteiger partial charge in [0, 0.05) is 21.2 Å². The number of oxazole rings is 1. The van der Waals surface area contributed by atoms with Crippen LogP contribution in [0.15, 0.2) is 58.2 Å². The number of rotatable bonds is 2. The molecule has 99 valence electrons. The van der Waals surface area contributed by atoms with Gasteiger partial charge in [0.25, 0.3) is 5.22 Å². The molecule has 1 heterocycles. The maximum atomic E-state index is 5.90. The Morgan fingerprint density at radius 2 is 1.30 bits per heavy atom. The minimum atomic E-state index is 0.208. The fourth-order valence-corrected chi connectivity index (χ4v) is 2.33. The fraction of sp³-hybridized carbons (Fsp3) is 0. The monoisotopic (exact) mass is 320 g/mol. The van der Waals surface area contributed by atoms with Crippen LogP contribution in [0.3, 0.4) is 0 Å². The summed E-state index contributed by atoms with van der Waals surface area (Å²) in [6, 6.07) is 14.7. The average molecular weight is 321 g/mol. The summed E-state index contributed by atoms with van der Waals surface area (Å²) in [4.78, 5) is 4.28. The van der Waals surface area contributed by atoms with Gasteiger partial charge in [0.1, 0.15) is 5.69 Å². The van der Waals surface area contributed by atoms with Crippen LogP contribution in [0.4, 0.5) is 0 Å². The smallest absolute Gasteiger partial charge is 0.289 e. The highest BCUT2D eigenvalue weighted by Gasteiger charge is 2.15. The van der Waals surface area contributed by atoms with Crippen molar-refractivity contribution in [2.24, 2.45) is 0 Å². The molecule has 5 heteroatoms. The second-order valence-corrected chi connectivity index (χ2v) is 5.39.